The Hall–Kier alpha value is -1.02. The van der Waals surface area contributed by atoms with E-state index in [1.165, 1.54) is 24.0 Å². The SMILES string of the molecule is NC1(CCc2ccc3c(c2)CCO3)CC1. The summed E-state index contributed by atoms with van der Waals surface area (Å²) in [4.78, 5) is 0. The molecule has 0 bridgehead atoms. The monoisotopic (exact) mass is 203 g/mol. The first-order valence-electron chi connectivity index (χ1n) is 5.79. The van der Waals surface area contributed by atoms with Crippen molar-refractivity contribution in [3.05, 3.63) is 29.3 Å². The number of aryl methyl sites for hydroxylation is 1. The molecule has 1 fully saturated rings. The summed E-state index contributed by atoms with van der Waals surface area (Å²) >= 11 is 0. The molecule has 0 amide bonds. The Morgan fingerprint density at radius 2 is 2.20 bits per heavy atom. The lowest BCUT2D eigenvalue weighted by atomic mass is 10.0. The molecule has 2 N–H and O–H groups in total. The second kappa shape index (κ2) is 3.24. The summed E-state index contributed by atoms with van der Waals surface area (Å²) in [6, 6.07) is 6.57. The van der Waals surface area contributed by atoms with Crippen molar-refractivity contribution in [1.82, 2.24) is 0 Å². The number of fused-ring (bicyclic) bond motifs is 1. The molecular formula is C13H17NO. The molecule has 0 unspecified atom stereocenters. The van der Waals surface area contributed by atoms with Crippen LogP contribution in [0.1, 0.15) is 30.4 Å². The summed E-state index contributed by atoms with van der Waals surface area (Å²) in [5, 5.41) is 0. The molecule has 2 nitrogen and oxygen atoms in total. The number of nitrogens with two attached hydrogens (primary N) is 1. The Morgan fingerprint density at radius 3 is 3.00 bits per heavy atom. The molecule has 2 aliphatic rings. The van der Waals surface area contributed by atoms with Gasteiger partial charge in [0.25, 0.3) is 0 Å². The van der Waals surface area contributed by atoms with Crippen LogP contribution in [-0.2, 0) is 12.8 Å². The molecule has 80 valence electrons. The van der Waals surface area contributed by atoms with Crippen LogP contribution in [0, 0.1) is 0 Å². The van der Waals surface area contributed by atoms with Gasteiger partial charge in [-0.1, -0.05) is 12.1 Å². The largest absolute Gasteiger partial charge is 0.493 e. The topological polar surface area (TPSA) is 35.2 Å². The minimum atomic E-state index is 0.176. The van der Waals surface area contributed by atoms with Gasteiger partial charge in [0.15, 0.2) is 0 Å². The Balaban J connectivity index is 1.70. The molecule has 3 rings (SSSR count). The van der Waals surface area contributed by atoms with Crippen LogP contribution >= 0.6 is 0 Å². The number of benzene rings is 1. The van der Waals surface area contributed by atoms with Crippen molar-refractivity contribution in [2.45, 2.75) is 37.6 Å². The smallest absolute Gasteiger partial charge is 0.122 e. The fourth-order valence-electron chi connectivity index (χ4n) is 2.20. The van der Waals surface area contributed by atoms with Gasteiger partial charge in [-0.3, -0.25) is 0 Å². The minimum absolute atomic E-state index is 0.176. The van der Waals surface area contributed by atoms with Gasteiger partial charge in [-0.2, -0.15) is 0 Å². The molecule has 15 heavy (non-hydrogen) atoms. The molecule has 0 radical (unpaired) electrons. The van der Waals surface area contributed by atoms with E-state index in [-0.39, 0.29) is 5.54 Å². The summed E-state index contributed by atoms with van der Waals surface area (Å²) < 4.78 is 5.49. The number of hydrogen-bond donors (Lipinski definition) is 1. The van der Waals surface area contributed by atoms with E-state index in [2.05, 4.69) is 18.2 Å². The maximum atomic E-state index is 6.08. The van der Waals surface area contributed by atoms with Crippen molar-refractivity contribution in [3.8, 4) is 5.75 Å². The average molecular weight is 203 g/mol. The van der Waals surface area contributed by atoms with Gasteiger partial charge in [0, 0.05) is 12.0 Å². The van der Waals surface area contributed by atoms with Gasteiger partial charge < -0.3 is 10.5 Å². The number of rotatable bonds is 3. The van der Waals surface area contributed by atoms with Gasteiger partial charge in [-0.25, -0.2) is 0 Å². The maximum Gasteiger partial charge on any atom is 0.122 e. The zero-order valence-corrected chi connectivity index (χ0v) is 8.96. The van der Waals surface area contributed by atoms with Gasteiger partial charge in [0.1, 0.15) is 5.75 Å². The summed E-state index contributed by atoms with van der Waals surface area (Å²) in [7, 11) is 0. The fraction of sp³-hybridized carbons (Fsp3) is 0.538. The van der Waals surface area contributed by atoms with Gasteiger partial charge >= 0.3 is 0 Å². The zero-order valence-electron chi connectivity index (χ0n) is 8.96. The summed E-state index contributed by atoms with van der Waals surface area (Å²) in [6.07, 6.45) is 5.73. The highest BCUT2D eigenvalue weighted by Crippen LogP contribution is 2.37. The molecule has 1 aliphatic heterocycles. The highest BCUT2D eigenvalue weighted by molar-refractivity contribution is 5.39. The van der Waals surface area contributed by atoms with E-state index in [9.17, 15) is 0 Å². The lowest BCUT2D eigenvalue weighted by Gasteiger charge is -2.08. The Labute approximate surface area is 90.4 Å². The van der Waals surface area contributed by atoms with Crippen molar-refractivity contribution < 1.29 is 4.74 Å². The molecule has 0 spiro atoms. The van der Waals surface area contributed by atoms with E-state index in [0.29, 0.717) is 0 Å². The molecule has 1 aromatic rings. The van der Waals surface area contributed by atoms with Gasteiger partial charge in [-0.05, 0) is 42.9 Å². The quantitative estimate of drug-likeness (QED) is 0.816. The summed E-state index contributed by atoms with van der Waals surface area (Å²) in [5.41, 5.74) is 9.04. The Bertz CT molecular complexity index is 382. The molecule has 2 heteroatoms. The first-order valence-corrected chi connectivity index (χ1v) is 5.79. The predicted octanol–water partition coefficient (Wildman–Crippen LogP) is 2.05. The zero-order chi connectivity index (χ0) is 10.3. The first-order chi connectivity index (χ1) is 7.25. The molecule has 0 aromatic heterocycles. The lowest BCUT2D eigenvalue weighted by molar-refractivity contribution is 0.357. The Morgan fingerprint density at radius 1 is 1.33 bits per heavy atom. The second-order valence-electron chi connectivity index (χ2n) is 4.90. The van der Waals surface area contributed by atoms with Gasteiger partial charge in [0.05, 0.1) is 6.61 Å². The predicted molar refractivity (Wildman–Crippen MR) is 60.1 cm³/mol. The first kappa shape index (κ1) is 9.22. The third kappa shape index (κ3) is 1.86. The van der Waals surface area contributed by atoms with E-state index in [1.54, 1.807) is 0 Å². The normalized spacial score (nSPS) is 20.9. The number of ether oxygens (including phenoxy) is 1. The molecule has 0 atom stereocenters. The minimum Gasteiger partial charge on any atom is -0.493 e. The van der Waals surface area contributed by atoms with Crippen LogP contribution in [0.2, 0.25) is 0 Å². The van der Waals surface area contributed by atoms with E-state index in [1.807, 2.05) is 0 Å². The van der Waals surface area contributed by atoms with E-state index in [0.717, 1.165) is 31.6 Å². The molecular weight excluding hydrogens is 186 g/mol. The highest BCUT2D eigenvalue weighted by Gasteiger charge is 2.37. The van der Waals surface area contributed by atoms with Crippen molar-refractivity contribution in [1.29, 1.82) is 0 Å². The lowest BCUT2D eigenvalue weighted by Crippen LogP contribution is -2.22. The van der Waals surface area contributed by atoms with Crippen LogP contribution in [0.15, 0.2) is 18.2 Å². The van der Waals surface area contributed by atoms with Crippen LogP contribution in [-0.4, -0.2) is 12.1 Å². The third-order valence-electron chi connectivity index (χ3n) is 3.56. The third-order valence-corrected chi connectivity index (χ3v) is 3.56. The van der Waals surface area contributed by atoms with Crippen molar-refractivity contribution in [2.24, 2.45) is 5.73 Å². The fourth-order valence-corrected chi connectivity index (χ4v) is 2.20. The average Bonchev–Trinajstić information content (AvgIpc) is 2.80. The summed E-state index contributed by atoms with van der Waals surface area (Å²) in [5.74, 6) is 1.08. The van der Waals surface area contributed by atoms with Gasteiger partial charge in [-0.15, -0.1) is 0 Å². The standard InChI is InChI=1S/C13H17NO/c14-13(6-7-13)5-3-10-1-2-12-11(9-10)4-8-15-12/h1-2,9H,3-8,14H2. The molecule has 1 heterocycles. The number of hydrogen-bond acceptors (Lipinski definition) is 2. The van der Waals surface area contributed by atoms with Crippen molar-refractivity contribution in [3.63, 3.8) is 0 Å². The second-order valence-corrected chi connectivity index (χ2v) is 4.90. The van der Waals surface area contributed by atoms with E-state index < -0.39 is 0 Å². The van der Waals surface area contributed by atoms with Crippen molar-refractivity contribution >= 4 is 0 Å². The molecule has 1 saturated carbocycles. The maximum absolute atomic E-state index is 6.08. The molecule has 1 aliphatic carbocycles. The van der Waals surface area contributed by atoms with Gasteiger partial charge in [0.2, 0.25) is 0 Å². The Kier molecular flexibility index (Phi) is 1.99. The molecule has 0 saturated heterocycles. The van der Waals surface area contributed by atoms with E-state index >= 15 is 0 Å². The van der Waals surface area contributed by atoms with Crippen LogP contribution in [0.25, 0.3) is 0 Å². The van der Waals surface area contributed by atoms with E-state index in [4.69, 9.17) is 10.5 Å². The van der Waals surface area contributed by atoms with Crippen LogP contribution < -0.4 is 10.5 Å². The van der Waals surface area contributed by atoms with Crippen LogP contribution in [0.3, 0.4) is 0 Å². The van der Waals surface area contributed by atoms with Crippen LogP contribution in [0.5, 0.6) is 5.75 Å². The molecule has 1 aromatic carbocycles. The highest BCUT2D eigenvalue weighted by atomic mass is 16.5. The van der Waals surface area contributed by atoms with Crippen molar-refractivity contribution in [2.75, 3.05) is 6.61 Å². The van der Waals surface area contributed by atoms with Crippen LogP contribution in [0.4, 0.5) is 0 Å². The summed E-state index contributed by atoms with van der Waals surface area (Å²) in [6.45, 7) is 0.847.